The number of nitrogens with one attached hydrogen (secondary N) is 3. The molecule has 1 fully saturated rings. The highest BCUT2D eigenvalue weighted by Gasteiger charge is 2.19. The summed E-state index contributed by atoms with van der Waals surface area (Å²) in [5.41, 5.74) is 3.78. The molecule has 1 aliphatic heterocycles. The van der Waals surface area contributed by atoms with Gasteiger partial charge >= 0.3 is 0 Å². The zero-order valence-corrected chi connectivity index (χ0v) is 19.6. The lowest BCUT2D eigenvalue weighted by atomic mass is 10.1. The van der Waals surface area contributed by atoms with Crippen molar-refractivity contribution < 1.29 is 14.4 Å². The highest BCUT2D eigenvalue weighted by Crippen LogP contribution is 2.17. The average molecular weight is 471 g/mol. The Balaban J connectivity index is 1.21. The molecule has 4 rings (SSSR count). The zero-order chi connectivity index (χ0) is 24.5. The van der Waals surface area contributed by atoms with Crippen LogP contribution in [0.15, 0.2) is 78.9 Å². The van der Waals surface area contributed by atoms with Gasteiger partial charge in [-0.25, -0.2) is 0 Å². The number of likely N-dealkylation sites (tertiary alicyclic amines) is 1. The molecule has 3 aromatic rings. The SMILES string of the molecule is O=C(CCc1ccccc1)Nc1ccc(NCC(=O)Nc2cccc(C(=O)N3CCCC3)c2)cc1. The second kappa shape index (κ2) is 11.8. The maximum absolute atomic E-state index is 12.6. The van der Waals surface area contributed by atoms with Crippen molar-refractivity contribution in [3.63, 3.8) is 0 Å². The largest absolute Gasteiger partial charge is 0.376 e. The van der Waals surface area contributed by atoms with E-state index in [1.807, 2.05) is 47.4 Å². The molecule has 0 saturated carbocycles. The highest BCUT2D eigenvalue weighted by atomic mass is 16.2. The predicted octanol–water partition coefficient (Wildman–Crippen LogP) is 4.54. The molecule has 0 aliphatic carbocycles. The highest BCUT2D eigenvalue weighted by molar-refractivity contribution is 5.98. The normalized spacial score (nSPS) is 12.7. The van der Waals surface area contributed by atoms with Crippen LogP contribution in [0.1, 0.15) is 35.2 Å². The number of hydrogen-bond acceptors (Lipinski definition) is 4. The fraction of sp³-hybridized carbons (Fsp3) is 0.250. The third-order valence-electron chi connectivity index (χ3n) is 5.89. The van der Waals surface area contributed by atoms with Crippen LogP contribution in [-0.4, -0.2) is 42.3 Å². The van der Waals surface area contributed by atoms with Gasteiger partial charge in [-0.3, -0.25) is 14.4 Å². The van der Waals surface area contributed by atoms with Gasteiger partial charge in [0.1, 0.15) is 0 Å². The van der Waals surface area contributed by atoms with E-state index in [4.69, 9.17) is 0 Å². The molecule has 0 atom stereocenters. The maximum atomic E-state index is 12.6. The fourth-order valence-corrected chi connectivity index (χ4v) is 4.02. The molecule has 35 heavy (non-hydrogen) atoms. The minimum Gasteiger partial charge on any atom is -0.376 e. The first kappa shape index (κ1) is 24.0. The lowest BCUT2D eigenvalue weighted by Crippen LogP contribution is -2.27. The Morgan fingerprint density at radius 3 is 2.14 bits per heavy atom. The van der Waals surface area contributed by atoms with Crippen LogP contribution in [0, 0.1) is 0 Å². The van der Waals surface area contributed by atoms with Crippen molar-refractivity contribution in [3.8, 4) is 0 Å². The molecule has 180 valence electrons. The Labute approximate surface area is 205 Å². The van der Waals surface area contributed by atoms with Gasteiger partial charge in [0, 0.05) is 42.1 Å². The second-order valence-electron chi connectivity index (χ2n) is 8.59. The molecule has 0 radical (unpaired) electrons. The molecule has 0 aromatic heterocycles. The lowest BCUT2D eigenvalue weighted by Gasteiger charge is -2.16. The van der Waals surface area contributed by atoms with Crippen molar-refractivity contribution >= 4 is 34.8 Å². The number of amides is 3. The van der Waals surface area contributed by atoms with Gasteiger partial charge in [0.25, 0.3) is 5.91 Å². The molecule has 1 saturated heterocycles. The fourth-order valence-electron chi connectivity index (χ4n) is 4.02. The van der Waals surface area contributed by atoms with E-state index >= 15 is 0 Å². The summed E-state index contributed by atoms with van der Waals surface area (Å²) < 4.78 is 0. The molecule has 0 bridgehead atoms. The van der Waals surface area contributed by atoms with Crippen molar-refractivity contribution in [1.29, 1.82) is 0 Å². The molecule has 3 N–H and O–H groups in total. The lowest BCUT2D eigenvalue weighted by molar-refractivity contribution is -0.116. The molecule has 7 nitrogen and oxygen atoms in total. The standard InChI is InChI=1S/C28H30N4O3/c33-26(16-11-21-7-2-1-3-8-21)30-24-14-12-23(13-15-24)29-20-27(34)31-25-10-6-9-22(19-25)28(35)32-17-4-5-18-32/h1-3,6-10,12-15,19,29H,4-5,11,16-18,20H2,(H,30,33)(H,31,34). The van der Waals surface area contributed by atoms with Crippen LogP contribution in [0.25, 0.3) is 0 Å². The Morgan fingerprint density at radius 2 is 1.40 bits per heavy atom. The Bertz CT molecular complexity index is 1160. The number of rotatable bonds is 9. The molecule has 1 aliphatic rings. The number of hydrogen-bond donors (Lipinski definition) is 3. The number of aryl methyl sites for hydroxylation is 1. The third kappa shape index (κ3) is 7.17. The number of nitrogens with zero attached hydrogens (tertiary/aromatic N) is 1. The Hall–Kier alpha value is -4.13. The molecule has 3 aromatic carbocycles. The summed E-state index contributed by atoms with van der Waals surface area (Å²) >= 11 is 0. The monoisotopic (exact) mass is 470 g/mol. The molecule has 0 unspecified atom stereocenters. The Morgan fingerprint density at radius 1 is 0.714 bits per heavy atom. The van der Waals surface area contributed by atoms with E-state index in [9.17, 15) is 14.4 Å². The number of carbonyl (C=O) groups is 3. The maximum Gasteiger partial charge on any atom is 0.253 e. The first-order chi connectivity index (χ1) is 17.1. The molecule has 0 spiro atoms. The quantitative estimate of drug-likeness (QED) is 0.428. The molecule has 3 amide bonds. The minimum atomic E-state index is -0.214. The van der Waals surface area contributed by atoms with Gasteiger partial charge in [-0.1, -0.05) is 36.4 Å². The van der Waals surface area contributed by atoms with Crippen LogP contribution in [0.5, 0.6) is 0 Å². The summed E-state index contributed by atoms with van der Waals surface area (Å²) in [6.07, 6.45) is 3.18. The zero-order valence-electron chi connectivity index (χ0n) is 19.6. The van der Waals surface area contributed by atoms with Crippen molar-refractivity contribution in [2.24, 2.45) is 0 Å². The van der Waals surface area contributed by atoms with Gasteiger partial charge in [-0.2, -0.15) is 0 Å². The van der Waals surface area contributed by atoms with E-state index in [1.54, 1.807) is 36.4 Å². The number of benzene rings is 3. The summed E-state index contributed by atoms with van der Waals surface area (Å²) in [5.74, 6) is -0.252. The van der Waals surface area contributed by atoms with Gasteiger partial charge < -0.3 is 20.9 Å². The number of carbonyl (C=O) groups excluding carboxylic acids is 3. The summed E-state index contributed by atoms with van der Waals surface area (Å²) in [5, 5.41) is 8.80. The molecular weight excluding hydrogens is 440 g/mol. The van der Waals surface area contributed by atoms with E-state index in [2.05, 4.69) is 16.0 Å². The van der Waals surface area contributed by atoms with E-state index < -0.39 is 0 Å². The predicted molar refractivity (Wildman–Crippen MR) is 139 cm³/mol. The van der Waals surface area contributed by atoms with Crippen LogP contribution < -0.4 is 16.0 Å². The van der Waals surface area contributed by atoms with Crippen LogP contribution >= 0.6 is 0 Å². The van der Waals surface area contributed by atoms with Crippen LogP contribution in [0.3, 0.4) is 0 Å². The van der Waals surface area contributed by atoms with Crippen molar-refractivity contribution in [2.45, 2.75) is 25.7 Å². The van der Waals surface area contributed by atoms with E-state index in [1.165, 1.54) is 0 Å². The molecular formula is C28H30N4O3. The summed E-state index contributed by atoms with van der Waals surface area (Å²) in [6.45, 7) is 1.65. The third-order valence-corrected chi connectivity index (χ3v) is 5.89. The van der Waals surface area contributed by atoms with Gasteiger partial charge in [0.15, 0.2) is 0 Å². The van der Waals surface area contributed by atoms with Gasteiger partial charge in [-0.05, 0) is 67.3 Å². The first-order valence-corrected chi connectivity index (χ1v) is 11.9. The molecule has 7 heteroatoms. The second-order valence-corrected chi connectivity index (χ2v) is 8.59. The minimum absolute atomic E-state index is 0.00368. The molecule has 1 heterocycles. The van der Waals surface area contributed by atoms with Gasteiger partial charge in [-0.15, -0.1) is 0 Å². The summed E-state index contributed by atoms with van der Waals surface area (Å²) in [7, 11) is 0. The van der Waals surface area contributed by atoms with E-state index in [0.29, 0.717) is 29.8 Å². The van der Waals surface area contributed by atoms with E-state index in [0.717, 1.165) is 37.2 Å². The number of anilines is 3. The van der Waals surface area contributed by atoms with Crippen molar-refractivity contribution in [2.75, 3.05) is 35.6 Å². The van der Waals surface area contributed by atoms with Crippen LogP contribution in [0.2, 0.25) is 0 Å². The van der Waals surface area contributed by atoms with E-state index in [-0.39, 0.29) is 24.3 Å². The smallest absolute Gasteiger partial charge is 0.253 e. The summed E-state index contributed by atoms with van der Waals surface area (Å²) in [6, 6.07) is 24.2. The van der Waals surface area contributed by atoms with Gasteiger partial charge in [0.05, 0.1) is 6.54 Å². The topological polar surface area (TPSA) is 90.5 Å². The van der Waals surface area contributed by atoms with Crippen LogP contribution in [-0.2, 0) is 16.0 Å². The first-order valence-electron chi connectivity index (χ1n) is 11.9. The summed E-state index contributed by atoms with van der Waals surface area (Å²) in [4.78, 5) is 39.0. The van der Waals surface area contributed by atoms with Crippen molar-refractivity contribution in [3.05, 3.63) is 90.0 Å². The van der Waals surface area contributed by atoms with Gasteiger partial charge in [0.2, 0.25) is 11.8 Å². The van der Waals surface area contributed by atoms with Crippen molar-refractivity contribution in [1.82, 2.24) is 4.90 Å². The average Bonchev–Trinajstić information content (AvgIpc) is 3.43. The van der Waals surface area contributed by atoms with Crippen LogP contribution in [0.4, 0.5) is 17.1 Å². The Kier molecular flexibility index (Phi) is 8.12.